The summed E-state index contributed by atoms with van der Waals surface area (Å²) >= 11 is 0. The summed E-state index contributed by atoms with van der Waals surface area (Å²) in [7, 11) is 2.63. The molecule has 2 aliphatic carbocycles. The third-order valence-corrected chi connectivity index (χ3v) is 5.93. The van der Waals surface area contributed by atoms with Crippen molar-refractivity contribution in [2.24, 2.45) is 0 Å². The number of Topliss-reactive ketones (excluding diaryl/α,β-unsaturated/α-hetero) is 1. The van der Waals surface area contributed by atoms with E-state index in [1.54, 1.807) is 19.1 Å². The van der Waals surface area contributed by atoms with E-state index < -0.39 is 23.3 Å². The molecule has 2 aromatic rings. The number of allylic oxidation sites excluding steroid dienone is 5. The molecule has 6 nitrogen and oxygen atoms in total. The van der Waals surface area contributed by atoms with Crippen LogP contribution in [0, 0.1) is 5.82 Å². The predicted octanol–water partition coefficient (Wildman–Crippen LogP) is 4.86. The van der Waals surface area contributed by atoms with E-state index in [9.17, 15) is 14.0 Å². The Morgan fingerprint density at radius 2 is 1.85 bits per heavy atom. The number of hydrogen-bond acceptors (Lipinski definition) is 5. The van der Waals surface area contributed by atoms with Gasteiger partial charge in [0, 0.05) is 5.57 Å². The van der Waals surface area contributed by atoms with Crippen LogP contribution in [0.4, 0.5) is 8.78 Å². The normalized spacial score (nSPS) is 17.3. The summed E-state index contributed by atoms with van der Waals surface area (Å²) in [6, 6.07) is 7.54. The van der Waals surface area contributed by atoms with Gasteiger partial charge in [0.15, 0.2) is 11.5 Å². The van der Waals surface area contributed by atoms with Crippen LogP contribution in [0.15, 0.2) is 81.7 Å². The molecule has 1 amide bonds. The van der Waals surface area contributed by atoms with Crippen LogP contribution in [0.3, 0.4) is 0 Å². The highest BCUT2D eigenvalue weighted by molar-refractivity contribution is 6.07. The minimum atomic E-state index is -0.851. The fraction of sp³-hybridized carbons (Fsp3) is 0.231. The lowest BCUT2D eigenvalue weighted by atomic mass is 9.91. The summed E-state index contributed by atoms with van der Waals surface area (Å²) in [5, 5.41) is 2.76. The van der Waals surface area contributed by atoms with Gasteiger partial charge in [-0.2, -0.15) is 0 Å². The number of fused-ring (bicyclic) bond motifs is 1. The summed E-state index contributed by atoms with van der Waals surface area (Å²) in [5.74, 6) is -2.21. The van der Waals surface area contributed by atoms with Crippen LogP contribution in [0.25, 0.3) is 5.57 Å². The zero-order valence-electron chi connectivity index (χ0n) is 18.9. The second-order valence-corrected chi connectivity index (χ2v) is 7.92. The van der Waals surface area contributed by atoms with Gasteiger partial charge in [0.25, 0.3) is 5.78 Å². The number of amides is 1. The number of rotatable bonds is 7. The van der Waals surface area contributed by atoms with E-state index in [-0.39, 0.29) is 36.0 Å². The van der Waals surface area contributed by atoms with Crippen molar-refractivity contribution in [2.45, 2.75) is 25.8 Å². The van der Waals surface area contributed by atoms with Crippen LogP contribution in [-0.2, 0) is 25.6 Å². The van der Waals surface area contributed by atoms with Crippen LogP contribution >= 0.6 is 0 Å². The molecule has 2 aliphatic rings. The quantitative estimate of drug-likeness (QED) is 0.629. The molecule has 34 heavy (non-hydrogen) atoms. The fourth-order valence-corrected chi connectivity index (χ4v) is 4.23. The Kier molecular flexibility index (Phi) is 6.49. The first-order chi connectivity index (χ1) is 16.3. The Morgan fingerprint density at radius 1 is 1.15 bits per heavy atom. The molecule has 1 aromatic heterocycles. The minimum Gasteiger partial charge on any atom is -0.492 e. The van der Waals surface area contributed by atoms with Gasteiger partial charge >= 0.3 is 0 Å². The smallest absolute Gasteiger partial charge is 0.261 e. The molecule has 1 unspecified atom stereocenters. The van der Waals surface area contributed by atoms with Crippen molar-refractivity contribution in [3.63, 3.8) is 0 Å². The lowest BCUT2D eigenvalue weighted by Gasteiger charge is -2.18. The second-order valence-electron chi connectivity index (χ2n) is 7.92. The van der Waals surface area contributed by atoms with Gasteiger partial charge in [-0.25, -0.2) is 8.78 Å². The summed E-state index contributed by atoms with van der Waals surface area (Å²) < 4.78 is 45.5. The van der Waals surface area contributed by atoms with Crippen molar-refractivity contribution in [1.29, 1.82) is 0 Å². The molecule has 0 bridgehead atoms. The van der Waals surface area contributed by atoms with E-state index in [0.717, 1.165) is 0 Å². The molecule has 0 spiro atoms. The maximum Gasteiger partial charge on any atom is 0.261 e. The van der Waals surface area contributed by atoms with Crippen LogP contribution in [0.1, 0.15) is 36.1 Å². The van der Waals surface area contributed by atoms with Crippen LogP contribution in [-0.4, -0.2) is 25.9 Å². The first-order valence-electron chi connectivity index (χ1n) is 10.6. The Morgan fingerprint density at radius 3 is 2.47 bits per heavy atom. The van der Waals surface area contributed by atoms with E-state index in [1.807, 2.05) is 0 Å². The molecule has 0 saturated carbocycles. The molecule has 4 rings (SSSR count). The van der Waals surface area contributed by atoms with Crippen LogP contribution < -0.4 is 5.32 Å². The number of carbonyl (C=O) groups is 2. The molecule has 0 saturated heterocycles. The van der Waals surface area contributed by atoms with E-state index in [4.69, 9.17) is 13.9 Å². The molecule has 0 fully saturated rings. The largest absolute Gasteiger partial charge is 0.492 e. The lowest BCUT2D eigenvalue weighted by Crippen LogP contribution is -2.22. The van der Waals surface area contributed by atoms with E-state index in [2.05, 4.69) is 5.32 Å². The van der Waals surface area contributed by atoms with Crippen LogP contribution in [0.2, 0.25) is 0 Å². The molecule has 1 atom stereocenters. The van der Waals surface area contributed by atoms with Crippen molar-refractivity contribution in [3.05, 3.63) is 99.9 Å². The number of halogens is 2. The number of hydrogen-bond donors (Lipinski definition) is 1. The fourth-order valence-electron chi connectivity index (χ4n) is 4.23. The Hall–Kier alpha value is -3.94. The van der Waals surface area contributed by atoms with Crippen molar-refractivity contribution in [3.8, 4) is 0 Å². The van der Waals surface area contributed by atoms with Gasteiger partial charge in [0.2, 0.25) is 5.91 Å². The van der Waals surface area contributed by atoms with E-state index in [0.29, 0.717) is 28.0 Å². The number of benzene rings is 1. The second kappa shape index (κ2) is 9.51. The molecular weight excluding hydrogens is 444 g/mol. The Bertz CT molecular complexity index is 1240. The molecule has 0 aliphatic heterocycles. The number of carbonyl (C=O) groups excluding carboxylic acids is 2. The van der Waals surface area contributed by atoms with Gasteiger partial charge < -0.3 is 19.2 Å². The molecular formula is C26H23F2NO5. The Labute approximate surface area is 195 Å². The Balaban J connectivity index is 1.71. The number of ketones is 1. The van der Waals surface area contributed by atoms with Crippen molar-refractivity contribution in [2.75, 3.05) is 14.2 Å². The van der Waals surface area contributed by atoms with Gasteiger partial charge in [-0.05, 0) is 60.0 Å². The number of ether oxygens (including phenoxy) is 2. The zero-order chi connectivity index (χ0) is 24.4. The summed E-state index contributed by atoms with van der Waals surface area (Å²) in [6.07, 6.45) is 4.07. The summed E-state index contributed by atoms with van der Waals surface area (Å²) in [5.41, 5.74) is 2.25. The van der Waals surface area contributed by atoms with Gasteiger partial charge in [0.05, 0.1) is 39.4 Å². The van der Waals surface area contributed by atoms with Gasteiger partial charge in [-0.15, -0.1) is 0 Å². The molecule has 1 aromatic carbocycles. The average molecular weight is 467 g/mol. The SMILES string of the molecule is COC1=CC(=C(F)C2C(C)=C(CC(=O)NCc3ccco3)c3cc(F)ccc32)C=C(OC)C1=O. The van der Waals surface area contributed by atoms with Crippen molar-refractivity contribution < 1.29 is 32.3 Å². The maximum absolute atomic E-state index is 15.9. The highest BCUT2D eigenvalue weighted by Gasteiger charge is 2.35. The summed E-state index contributed by atoms with van der Waals surface area (Å²) in [6.45, 7) is 1.92. The molecule has 176 valence electrons. The third kappa shape index (κ3) is 4.31. The monoisotopic (exact) mass is 467 g/mol. The molecule has 1 N–H and O–H groups in total. The lowest BCUT2D eigenvalue weighted by molar-refractivity contribution is -0.120. The zero-order valence-corrected chi connectivity index (χ0v) is 18.9. The highest BCUT2D eigenvalue weighted by atomic mass is 19.1. The van der Waals surface area contributed by atoms with Crippen LogP contribution in [0.5, 0.6) is 0 Å². The molecule has 0 radical (unpaired) electrons. The van der Waals surface area contributed by atoms with Gasteiger partial charge in [-0.1, -0.05) is 11.6 Å². The maximum atomic E-state index is 15.9. The number of methoxy groups -OCH3 is 2. The standard InChI is InChI=1S/C26H23F2NO5/c1-14-19(12-23(30)29-13-17-5-4-8-34-17)20-11-16(27)6-7-18(20)24(14)25(28)15-9-21(32-2)26(31)22(10-15)33-3/h4-11,24H,12-13H2,1-3H3,(H,29,30). The van der Waals surface area contributed by atoms with Crippen molar-refractivity contribution >= 4 is 17.3 Å². The first kappa shape index (κ1) is 23.2. The molecule has 1 heterocycles. The number of nitrogens with one attached hydrogen (secondary N) is 1. The molecule has 8 heteroatoms. The van der Waals surface area contributed by atoms with Crippen molar-refractivity contribution in [1.82, 2.24) is 5.32 Å². The van der Waals surface area contributed by atoms with Gasteiger partial charge in [-0.3, -0.25) is 9.59 Å². The van der Waals surface area contributed by atoms with E-state index >= 15 is 4.39 Å². The topological polar surface area (TPSA) is 77.8 Å². The third-order valence-electron chi connectivity index (χ3n) is 5.93. The minimum absolute atomic E-state index is 0.0546. The number of furan rings is 1. The first-order valence-corrected chi connectivity index (χ1v) is 10.6. The highest BCUT2D eigenvalue weighted by Crippen LogP contribution is 2.48. The average Bonchev–Trinajstić information content (AvgIpc) is 3.44. The van der Waals surface area contributed by atoms with E-state index in [1.165, 1.54) is 50.8 Å². The summed E-state index contributed by atoms with van der Waals surface area (Å²) in [4.78, 5) is 24.9. The van der Waals surface area contributed by atoms with Gasteiger partial charge in [0.1, 0.15) is 17.4 Å². The predicted molar refractivity (Wildman–Crippen MR) is 120 cm³/mol.